The molecule has 1 aromatic carbocycles. The number of carboxylic acids is 1. The Morgan fingerprint density at radius 3 is 2.43 bits per heavy atom. The van der Waals surface area contributed by atoms with Crippen LogP contribution in [0.1, 0.15) is 39.7 Å². The number of benzene rings is 1. The number of nitrogens with zero attached hydrogens (tertiary/aromatic N) is 1. The van der Waals surface area contributed by atoms with Gasteiger partial charge in [0.25, 0.3) is 0 Å². The lowest BCUT2D eigenvalue weighted by molar-refractivity contribution is -0.142. The Labute approximate surface area is 166 Å². The van der Waals surface area contributed by atoms with Crippen LogP contribution >= 0.6 is 0 Å². The standard InChI is InChI=1S/C19H28N2O6S/c1-6-11-21(13-18(23)24)17(22)10-8-14-7-9-15(27-5)16(12-14)28(25,26)20-19(2,3)4/h7-10,12,20H,6,11,13H2,1-5H3,(H,23,24). The number of aliphatic carboxylic acids is 1. The third-order valence-electron chi connectivity index (χ3n) is 3.47. The fourth-order valence-electron chi connectivity index (χ4n) is 2.44. The number of carboxylic acid groups (broad SMARTS) is 1. The maximum atomic E-state index is 12.7. The predicted molar refractivity (Wildman–Crippen MR) is 107 cm³/mol. The third-order valence-corrected chi connectivity index (χ3v) is 5.25. The van der Waals surface area contributed by atoms with Crippen molar-refractivity contribution in [2.75, 3.05) is 20.2 Å². The summed E-state index contributed by atoms with van der Waals surface area (Å²) in [6.45, 7) is 6.94. The Hall–Kier alpha value is -2.39. The zero-order valence-electron chi connectivity index (χ0n) is 16.9. The number of amides is 1. The van der Waals surface area contributed by atoms with E-state index in [1.54, 1.807) is 26.8 Å². The molecule has 0 unspecified atom stereocenters. The van der Waals surface area contributed by atoms with Crippen LogP contribution in [0, 0.1) is 0 Å². The van der Waals surface area contributed by atoms with E-state index in [1.165, 1.54) is 36.3 Å². The molecule has 8 nitrogen and oxygen atoms in total. The monoisotopic (exact) mass is 412 g/mol. The molecule has 9 heteroatoms. The highest BCUT2D eigenvalue weighted by Crippen LogP contribution is 2.26. The third kappa shape index (κ3) is 7.32. The molecule has 0 radical (unpaired) electrons. The van der Waals surface area contributed by atoms with Gasteiger partial charge in [-0.1, -0.05) is 13.0 Å². The van der Waals surface area contributed by atoms with Crippen LogP contribution in [0.4, 0.5) is 0 Å². The lowest BCUT2D eigenvalue weighted by Gasteiger charge is -2.21. The molecule has 156 valence electrons. The van der Waals surface area contributed by atoms with E-state index in [2.05, 4.69) is 4.72 Å². The number of sulfonamides is 1. The molecular weight excluding hydrogens is 384 g/mol. The minimum atomic E-state index is -3.84. The Kier molecular flexibility index (Phi) is 8.19. The molecule has 0 spiro atoms. The van der Waals surface area contributed by atoms with Gasteiger partial charge in [-0.05, 0) is 51.0 Å². The summed E-state index contributed by atoms with van der Waals surface area (Å²) in [7, 11) is -2.47. The largest absolute Gasteiger partial charge is 0.495 e. The van der Waals surface area contributed by atoms with Crippen molar-refractivity contribution in [3.8, 4) is 5.75 Å². The summed E-state index contributed by atoms with van der Waals surface area (Å²) in [6.07, 6.45) is 3.30. The van der Waals surface area contributed by atoms with Crippen molar-refractivity contribution in [3.63, 3.8) is 0 Å². The summed E-state index contributed by atoms with van der Waals surface area (Å²) in [6, 6.07) is 4.51. The van der Waals surface area contributed by atoms with Crippen LogP contribution in [0.3, 0.4) is 0 Å². The summed E-state index contributed by atoms with van der Waals surface area (Å²) < 4.78 is 33.1. The molecule has 1 aromatic rings. The van der Waals surface area contributed by atoms with Gasteiger partial charge in [-0.25, -0.2) is 13.1 Å². The highest BCUT2D eigenvalue weighted by molar-refractivity contribution is 7.89. The molecule has 0 atom stereocenters. The van der Waals surface area contributed by atoms with Crippen LogP contribution in [-0.4, -0.2) is 56.0 Å². The molecule has 2 N–H and O–H groups in total. The van der Waals surface area contributed by atoms with Gasteiger partial charge in [-0.2, -0.15) is 0 Å². The summed E-state index contributed by atoms with van der Waals surface area (Å²) in [5, 5.41) is 8.92. The first-order chi connectivity index (χ1) is 12.9. The van der Waals surface area contributed by atoms with Crippen molar-refractivity contribution >= 4 is 28.0 Å². The normalized spacial score (nSPS) is 12.2. The molecule has 0 heterocycles. The molecule has 0 saturated carbocycles. The van der Waals surface area contributed by atoms with Crippen LogP contribution in [0.15, 0.2) is 29.2 Å². The van der Waals surface area contributed by atoms with Gasteiger partial charge in [0.15, 0.2) is 0 Å². The lowest BCUT2D eigenvalue weighted by Crippen LogP contribution is -2.40. The van der Waals surface area contributed by atoms with Crippen LogP contribution in [0.5, 0.6) is 5.75 Å². The maximum absolute atomic E-state index is 12.7. The Morgan fingerprint density at radius 2 is 1.93 bits per heavy atom. The van der Waals surface area contributed by atoms with E-state index >= 15 is 0 Å². The average Bonchev–Trinajstić information content (AvgIpc) is 2.56. The molecule has 0 aromatic heterocycles. The number of ether oxygens (including phenoxy) is 1. The van der Waals surface area contributed by atoms with Gasteiger partial charge in [0.1, 0.15) is 17.2 Å². The van der Waals surface area contributed by atoms with Gasteiger partial charge in [0.05, 0.1) is 7.11 Å². The second-order valence-corrected chi connectivity index (χ2v) is 8.90. The van der Waals surface area contributed by atoms with Gasteiger partial charge >= 0.3 is 5.97 Å². The van der Waals surface area contributed by atoms with Crippen molar-refractivity contribution in [3.05, 3.63) is 29.8 Å². The minimum Gasteiger partial charge on any atom is -0.495 e. The highest BCUT2D eigenvalue weighted by Gasteiger charge is 2.25. The minimum absolute atomic E-state index is 0.0459. The quantitative estimate of drug-likeness (QED) is 0.601. The average molecular weight is 413 g/mol. The zero-order valence-corrected chi connectivity index (χ0v) is 17.7. The molecule has 1 rings (SSSR count). The molecule has 0 aliphatic heterocycles. The second-order valence-electron chi connectivity index (χ2n) is 7.25. The molecule has 0 bridgehead atoms. The summed E-state index contributed by atoms with van der Waals surface area (Å²) >= 11 is 0. The summed E-state index contributed by atoms with van der Waals surface area (Å²) in [4.78, 5) is 24.3. The first-order valence-corrected chi connectivity index (χ1v) is 10.3. The van der Waals surface area contributed by atoms with E-state index in [9.17, 15) is 18.0 Å². The van der Waals surface area contributed by atoms with Crippen molar-refractivity contribution in [1.82, 2.24) is 9.62 Å². The molecule has 1 amide bonds. The van der Waals surface area contributed by atoms with Crippen molar-refractivity contribution in [1.29, 1.82) is 0 Å². The fourth-order valence-corrected chi connectivity index (χ4v) is 4.06. The molecule has 0 saturated heterocycles. The van der Waals surface area contributed by atoms with Crippen molar-refractivity contribution < 1.29 is 27.9 Å². The van der Waals surface area contributed by atoms with Crippen molar-refractivity contribution in [2.45, 2.75) is 44.6 Å². The Bertz CT molecular complexity index is 840. The first kappa shape index (κ1) is 23.6. The SMILES string of the molecule is CCCN(CC(=O)O)C(=O)C=Cc1ccc(OC)c(S(=O)(=O)NC(C)(C)C)c1. The van der Waals surface area contributed by atoms with Crippen LogP contribution in [0.25, 0.3) is 6.08 Å². The number of hydrogen-bond donors (Lipinski definition) is 2. The van der Waals surface area contributed by atoms with Gasteiger partial charge in [-0.3, -0.25) is 9.59 Å². The number of rotatable bonds is 9. The first-order valence-electron chi connectivity index (χ1n) is 8.80. The van der Waals surface area contributed by atoms with E-state index in [-0.39, 0.29) is 10.6 Å². The number of nitrogens with one attached hydrogen (secondary N) is 1. The van der Waals surface area contributed by atoms with Gasteiger partial charge in [0, 0.05) is 18.2 Å². The van der Waals surface area contributed by atoms with Gasteiger partial charge < -0.3 is 14.7 Å². The maximum Gasteiger partial charge on any atom is 0.323 e. The number of carbonyl (C=O) groups is 2. The van der Waals surface area contributed by atoms with Crippen LogP contribution < -0.4 is 9.46 Å². The Balaban J connectivity index is 3.18. The molecule has 0 fully saturated rings. The van der Waals surface area contributed by atoms with E-state index in [1.807, 2.05) is 6.92 Å². The summed E-state index contributed by atoms with van der Waals surface area (Å²) in [5.41, 5.74) is -0.210. The molecule has 0 aliphatic rings. The lowest BCUT2D eigenvalue weighted by atomic mass is 10.1. The zero-order chi connectivity index (χ0) is 21.5. The van der Waals surface area contributed by atoms with E-state index in [0.29, 0.717) is 18.5 Å². The van der Waals surface area contributed by atoms with Crippen molar-refractivity contribution in [2.24, 2.45) is 0 Å². The van der Waals surface area contributed by atoms with Gasteiger partial charge in [-0.15, -0.1) is 0 Å². The highest BCUT2D eigenvalue weighted by atomic mass is 32.2. The topological polar surface area (TPSA) is 113 Å². The smallest absolute Gasteiger partial charge is 0.323 e. The number of hydrogen-bond acceptors (Lipinski definition) is 5. The molecule has 0 aliphatic carbocycles. The van der Waals surface area contributed by atoms with Gasteiger partial charge in [0.2, 0.25) is 15.9 Å². The Morgan fingerprint density at radius 1 is 1.29 bits per heavy atom. The van der Waals surface area contributed by atoms with E-state index < -0.39 is 34.0 Å². The fraction of sp³-hybridized carbons (Fsp3) is 0.474. The van der Waals surface area contributed by atoms with Crippen LogP contribution in [0.2, 0.25) is 0 Å². The number of methoxy groups -OCH3 is 1. The van der Waals surface area contributed by atoms with E-state index in [4.69, 9.17) is 9.84 Å². The second kappa shape index (κ2) is 9.70. The summed E-state index contributed by atoms with van der Waals surface area (Å²) in [5.74, 6) is -1.38. The van der Waals surface area contributed by atoms with E-state index in [0.717, 1.165) is 0 Å². The number of carbonyl (C=O) groups excluding carboxylic acids is 1. The van der Waals surface area contributed by atoms with Crippen LogP contribution in [-0.2, 0) is 19.6 Å². The molecule has 28 heavy (non-hydrogen) atoms. The molecular formula is C19H28N2O6S. The predicted octanol–water partition coefficient (Wildman–Crippen LogP) is 2.11.